The normalized spacial score (nSPS) is 11.4. The van der Waals surface area contributed by atoms with Crippen LogP contribution in [0.4, 0.5) is 0 Å². The Morgan fingerprint density at radius 1 is 0.963 bits per heavy atom. The van der Waals surface area contributed by atoms with Gasteiger partial charge >= 0.3 is 0 Å². The number of hydrogen-bond donors (Lipinski definition) is 0. The summed E-state index contributed by atoms with van der Waals surface area (Å²) < 4.78 is 0. The van der Waals surface area contributed by atoms with Crippen LogP contribution in [0.15, 0.2) is 66.7 Å². The summed E-state index contributed by atoms with van der Waals surface area (Å²) in [5, 5.41) is 2.57. The molecule has 0 saturated heterocycles. The van der Waals surface area contributed by atoms with E-state index < -0.39 is 0 Å². The average molecular weight is 549 g/mol. The molecule has 0 unspecified atom stereocenters. The number of rotatable bonds is 4. The van der Waals surface area contributed by atoms with Crippen LogP contribution in [0.2, 0.25) is 0 Å². The Morgan fingerprint density at radius 3 is 2.52 bits per heavy atom. The standard InChI is InChI=1S/C24H22NS.Ir/c1-4-18-11-8-14-22(25-18)24(2,3)23-16-15-21(26-23)20-13-7-10-17-9-5-6-12-19(17)20;/h5-15H,4H2,1-3H3;/q-1;. The van der Waals surface area contributed by atoms with Crippen molar-refractivity contribution in [2.45, 2.75) is 32.6 Å². The van der Waals surface area contributed by atoms with E-state index in [-0.39, 0.29) is 25.5 Å². The van der Waals surface area contributed by atoms with E-state index >= 15 is 0 Å². The topological polar surface area (TPSA) is 12.9 Å². The summed E-state index contributed by atoms with van der Waals surface area (Å²) in [6.07, 6.45) is 0.958. The average Bonchev–Trinajstić information content (AvgIpc) is 3.18. The summed E-state index contributed by atoms with van der Waals surface area (Å²) in [4.78, 5) is 7.34. The Labute approximate surface area is 178 Å². The van der Waals surface area contributed by atoms with Gasteiger partial charge in [0.1, 0.15) is 0 Å². The maximum atomic E-state index is 4.86. The molecule has 2 aromatic carbocycles. The molecular formula is C24H22IrNS-. The molecule has 0 bridgehead atoms. The van der Waals surface area contributed by atoms with Crippen molar-refractivity contribution < 1.29 is 20.1 Å². The first-order valence-electron chi connectivity index (χ1n) is 9.06. The van der Waals surface area contributed by atoms with Gasteiger partial charge < -0.3 is 0 Å². The van der Waals surface area contributed by atoms with Crippen LogP contribution in [-0.4, -0.2) is 4.98 Å². The molecule has 4 aromatic rings. The fourth-order valence-electron chi connectivity index (χ4n) is 3.32. The fraction of sp³-hybridized carbons (Fsp3) is 0.208. The predicted molar refractivity (Wildman–Crippen MR) is 112 cm³/mol. The molecule has 0 fully saturated rings. The van der Waals surface area contributed by atoms with E-state index in [4.69, 9.17) is 4.98 Å². The van der Waals surface area contributed by atoms with Gasteiger partial charge in [-0.15, -0.1) is 4.88 Å². The monoisotopic (exact) mass is 549 g/mol. The van der Waals surface area contributed by atoms with Crippen molar-refractivity contribution in [3.05, 3.63) is 89.1 Å². The summed E-state index contributed by atoms with van der Waals surface area (Å²) in [5.41, 5.74) is 3.38. The number of aromatic nitrogens is 1. The van der Waals surface area contributed by atoms with Crippen LogP contribution >= 0.6 is 11.3 Å². The van der Waals surface area contributed by atoms with Crippen LogP contribution in [0.5, 0.6) is 0 Å². The number of nitrogens with zero attached hydrogens (tertiary/aromatic N) is 1. The summed E-state index contributed by atoms with van der Waals surface area (Å²) in [6, 6.07) is 27.1. The maximum Gasteiger partial charge on any atom is 0.0498 e. The summed E-state index contributed by atoms with van der Waals surface area (Å²) >= 11 is 1.82. The zero-order valence-corrected chi connectivity index (χ0v) is 19.0. The number of hydrogen-bond acceptors (Lipinski definition) is 2. The van der Waals surface area contributed by atoms with Crippen LogP contribution in [0, 0.1) is 6.07 Å². The van der Waals surface area contributed by atoms with Crippen LogP contribution in [0.25, 0.3) is 21.2 Å². The fourth-order valence-corrected chi connectivity index (χ4v) is 4.43. The molecule has 0 saturated carbocycles. The number of fused-ring (bicyclic) bond motifs is 1. The third-order valence-corrected chi connectivity index (χ3v) is 6.37. The maximum absolute atomic E-state index is 4.86. The minimum Gasteiger partial charge on any atom is -0.261 e. The van der Waals surface area contributed by atoms with E-state index in [1.54, 1.807) is 0 Å². The summed E-state index contributed by atoms with van der Waals surface area (Å²) in [6.45, 7) is 6.63. The van der Waals surface area contributed by atoms with Crippen LogP contribution in [0.3, 0.4) is 0 Å². The quantitative estimate of drug-likeness (QED) is 0.260. The minimum atomic E-state index is -0.154. The van der Waals surface area contributed by atoms with Crippen molar-refractivity contribution in [3.8, 4) is 10.4 Å². The third-order valence-electron chi connectivity index (χ3n) is 4.98. The molecule has 27 heavy (non-hydrogen) atoms. The first-order valence-corrected chi connectivity index (χ1v) is 9.88. The summed E-state index contributed by atoms with van der Waals surface area (Å²) in [7, 11) is 0. The predicted octanol–water partition coefficient (Wildman–Crippen LogP) is 6.65. The Balaban J connectivity index is 0.00000210. The first kappa shape index (κ1) is 19.9. The number of benzene rings is 2. The Kier molecular flexibility index (Phi) is 5.95. The molecule has 3 heteroatoms. The van der Waals surface area contributed by atoms with Gasteiger partial charge in [-0.2, -0.15) is 0 Å². The second kappa shape index (κ2) is 8.06. The van der Waals surface area contributed by atoms with Gasteiger partial charge in [0.15, 0.2) is 0 Å². The molecule has 0 amide bonds. The Hall–Kier alpha value is -1.80. The van der Waals surface area contributed by atoms with Crippen molar-refractivity contribution in [2.24, 2.45) is 0 Å². The largest absolute Gasteiger partial charge is 0.261 e. The van der Waals surface area contributed by atoms with E-state index in [9.17, 15) is 0 Å². The van der Waals surface area contributed by atoms with Gasteiger partial charge in [-0.05, 0) is 29.3 Å². The first-order chi connectivity index (χ1) is 12.6. The van der Waals surface area contributed by atoms with Crippen LogP contribution < -0.4 is 0 Å². The molecule has 0 aliphatic carbocycles. The van der Waals surface area contributed by atoms with E-state index in [0.717, 1.165) is 17.8 Å². The van der Waals surface area contributed by atoms with Crippen molar-refractivity contribution >= 4 is 22.1 Å². The Bertz CT molecular complexity index is 1060. The Morgan fingerprint density at radius 2 is 1.70 bits per heavy atom. The second-order valence-electron chi connectivity index (χ2n) is 7.10. The second-order valence-corrected chi connectivity index (χ2v) is 8.16. The van der Waals surface area contributed by atoms with E-state index in [1.165, 1.54) is 26.1 Å². The van der Waals surface area contributed by atoms with Gasteiger partial charge in [-0.25, -0.2) is 12.1 Å². The van der Waals surface area contributed by atoms with Gasteiger partial charge in [0.2, 0.25) is 0 Å². The zero-order chi connectivity index (χ0) is 18.1. The minimum absolute atomic E-state index is 0. The molecule has 1 nitrogen and oxygen atoms in total. The van der Waals surface area contributed by atoms with Crippen molar-refractivity contribution in [1.29, 1.82) is 0 Å². The zero-order valence-electron chi connectivity index (χ0n) is 15.7. The molecule has 0 atom stereocenters. The SMILES string of the molecule is CCc1cccc(C(C)(C)c2[c-]cc(-c3cccc4ccccc34)s2)n1.[Ir]. The molecule has 1 radical (unpaired) electrons. The van der Waals surface area contributed by atoms with Gasteiger partial charge in [0.05, 0.1) is 0 Å². The number of aryl methyl sites for hydroxylation is 1. The third kappa shape index (κ3) is 3.78. The molecule has 139 valence electrons. The molecule has 0 N–H and O–H groups in total. The number of pyridine rings is 1. The van der Waals surface area contributed by atoms with Gasteiger partial charge in [-0.3, -0.25) is 16.3 Å². The summed E-state index contributed by atoms with van der Waals surface area (Å²) in [5.74, 6) is 0. The van der Waals surface area contributed by atoms with E-state index in [2.05, 4.69) is 93.6 Å². The smallest absolute Gasteiger partial charge is 0.0498 e. The number of thiophene rings is 1. The van der Waals surface area contributed by atoms with Crippen molar-refractivity contribution in [3.63, 3.8) is 0 Å². The van der Waals surface area contributed by atoms with Crippen LogP contribution in [-0.2, 0) is 31.9 Å². The van der Waals surface area contributed by atoms with Crippen molar-refractivity contribution in [2.75, 3.05) is 0 Å². The molecule has 0 aliphatic rings. The van der Waals surface area contributed by atoms with Gasteiger partial charge in [-0.1, -0.05) is 79.7 Å². The van der Waals surface area contributed by atoms with Gasteiger partial charge in [0.25, 0.3) is 0 Å². The molecular weight excluding hydrogens is 527 g/mol. The molecule has 0 spiro atoms. The molecule has 0 aliphatic heterocycles. The van der Waals surface area contributed by atoms with Crippen LogP contribution in [0.1, 0.15) is 37.0 Å². The molecule has 2 aromatic heterocycles. The van der Waals surface area contributed by atoms with Crippen molar-refractivity contribution in [1.82, 2.24) is 4.98 Å². The van der Waals surface area contributed by atoms with E-state index in [1.807, 2.05) is 11.3 Å². The molecule has 4 rings (SSSR count). The molecule has 2 heterocycles. The van der Waals surface area contributed by atoms with E-state index in [0.29, 0.717) is 0 Å². The van der Waals surface area contributed by atoms with Gasteiger partial charge in [0, 0.05) is 36.9 Å².